The Hall–Kier alpha value is -3.60. The maximum atomic E-state index is 13.8. The number of fused-ring (bicyclic) bond motifs is 1. The molecule has 1 N–H and O–H groups in total. The van der Waals surface area contributed by atoms with Crippen LogP contribution in [0.2, 0.25) is 0 Å². The first-order valence-corrected chi connectivity index (χ1v) is 9.04. The number of carbonyl (C=O) groups is 1. The number of hydrogen-bond acceptors (Lipinski definition) is 3. The van der Waals surface area contributed by atoms with Crippen LogP contribution in [0.4, 0.5) is 4.39 Å². The molecule has 5 heteroatoms. The van der Waals surface area contributed by atoms with Gasteiger partial charge in [-0.05, 0) is 42.3 Å². The SMILES string of the molecule is O=C(NCCc1ccccc1F)c1cc(-c2cccnc2)nc2ccccc12. The molecule has 1 amide bonds. The van der Waals surface area contributed by atoms with E-state index in [4.69, 9.17) is 0 Å². The summed E-state index contributed by atoms with van der Waals surface area (Å²) in [6.07, 6.45) is 3.84. The Morgan fingerprint density at radius 2 is 1.82 bits per heavy atom. The molecule has 2 heterocycles. The fourth-order valence-electron chi connectivity index (χ4n) is 3.13. The summed E-state index contributed by atoms with van der Waals surface area (Å²) in [5, 5.41) is 3.67. The van der Waals surface area contributed by atoms with E-state index in [0.717, 1.165) is 16.5 Å². The smallest absolute Gasteiger partial charge is 0.252 e. The molecule has 0 saturated heterocycles. The molecular formula is C23H18FN3O. The predicted molar refractivity (Wildman–Crippen MR) is 107 cm³/mol. The van der Waals surface area contributed by atoms with Gasteiger partial charge in [-0.2, -0.15) is 0 Å². The van der Waals surface area contributed by atoms with Gasteiger partial charge in [-0.1, -0.05) is 36.4 Å². The Kier molecular flexibility index (Phi) is 5.06. The minimum Gasteiger partial charge on any atom is -0.352 e. The monoisotopic (exact) mass is 371 g/mol. The fourth-order valence-corrected chi connectivity index (χ4v) is 3.13. The summed E-state index contributed by atoms with van der Waals surface area (Å²) in [6, 6.07) is 19.6. The molecule has 4 aromatic rings. The van der Waals surface area contributed by atoms with Crippen molar-refractivity contribution in [3.8, 4) is 11.3 Å². The van der Waals surface area contributed by atoms with E-state index < -0.39 is 0 Å². The number of rotatable bonds is 5. The molecular weight excluding hydrogens is 353 g/mol. The van der Waals surface area contributed by atoms with Crippen molar-refractivity contribution < 1.29 is 9.18 Å². The Morgan fingerprint density at radius 1 is 1.00 bits per heavy atom. The highest BCUT2D eigenvalue weighted by Crippen LogP contribution is 2.24. The van der Waals surface area contributed by atoms with Gasteiger partial charge in [0, 0.05) is 29.9 Å². The second-order valence-electron chi connectivity index (χ2n) is 6.41. The number of pyridine rings is 2. The summed E-state index contributed by atoms with van der Waals surface area (Å²) in [6.45, 7) is 0.346. The van der Waals surface area contributed by atoms with Gasteiger partial charge >= 0.3 is 0 Å². The predicted octanol–water partition coefficient (Wildman–Crippen LogP) is 4.41. The van der Waals surface area contributed by atoms with Gasteiger partial charge in [-0.25, -0.2) is 9.37 Å². The molecule has 4 rings (SSSR count). The van der Waals surface area contributed by atoms with E-state index >= 15 is 0 Å². The lowest BCUT2D eigenvalue weighted by Crippen LogP contribution is -2.26. The van der Waals surface area contributed by atoms with E-state index in [0.29, 0.717) is 29.8 Å². The van der Waals surface area contributed by atoms with Gasteiger partial charge in [0.1, 0.15) is 5.82 Å². The van der Waals surface area contributed by atoms with Crippen LogP contribution in [0.3, 0.4) is 0 Å². The fraction of sp³-hybridized carbons (Fsp3) is 0.0870. The second-order valence-corrected chi connectivity index (χ2v) is 6.41. The summed E-state index contributed by atoms with van der Waals surface area (Å²) in [5.41, 5.74) is 3.39. The molecule has 0 fully saturated rings. The van der Waals surface area contributed by atoms with Gasteiger partial charge in [-0.3, -0.25) is 9.78 Å². The van der Waals surface area contributed by atoms with Crippen molar-refractivity contribution >= 4 is 16.8 Å². The van der Waals surface area contributed by atoms with Crippen molar-refractivity contribution in [2.75, 3.05) is 6.54 Å². The third-order valence-corrected chi connectivity index (χ3v) is 4.56. The zero-order valence-corrected chi connectivity index (χ0v) is 15.1. The summed E-state index contributed by atoms with van der Waals surface area (Å²) in [5.74, 6) is -0.468. The van der Waals surface area contributed by atoms with Crippen molar-refractivity contribution in [3.63, 3.8) is 0 Å². The quantitative estimate of drug-likeness (QED) is 0.565. The van der Waals surface area contributed by atoms with Crippen LogP contribution in [0.1, 0.15) is 15.9 Å². The van der Waals surface area contributed by atoms with Crippen LogP contribution < -0.4 is 5.32 Å². The molecule has 28 heavy (non-hydrogen) atoms. The number of amides is 1. The molecule has 4 nitrogen and oxygen atoms in total. The molecule has 0 unspecified atom stereocenters. The topological polar surface area (TPSA) is 54.9 Å². The number of para-hydroxylation sites is 1. The minimum absolute atomic E-state index is 0.208. The molecule has 2 aromatic heterocycles. The molecule has 0 radical (unpaired) electrons. The third-order valence-electron chi connectivity index (χ3n) is 4.56. The van der Waals surface area contributed by atoms with E-state index in [1.807, 2.05) is 36.4 Å². The highest BCUT2D eigenvalue weighted by molar-refractivity contribution is 6.07. The number of hydrogen-bond donors (Lipinski definition) is 1. The van der Waals surface area contributed by atoms with Gasteiger partial charge in [0.15, 0.2) is 0 Å². The highest BCUT2D eigenvalue weighted by Gasteiger charge is 2.14. The van der Waals surface area contributed by atoms with Crippen molar-refractivity contribution in [2.45, 2.75) is 6.42 Å². The number of aromatic nitrogens is 2. The number of nitrogens with zero attached hydrogens (tertiary/aromatic N) is 2. The molecule has 0 aliphatic rings. The van der Waals surface area contributed by atoms with Gasteiger partial charge < -0.3 is 5.32 Å². The van der Waals surface area contributed by atoms with Crippen molar-refractivity contribution in [1.82, 2.24) is 15.3 Å². The number of carbonyl (C=O) groups excluding carboxylic acids is 1. The molecule has 0 aliphatic heterocycles. The van der Waals surface area contributed by atoms with E-state index in [2.05, 4.69) is 15.3 Å². The van der Waals surface area contributed by atoms with E-state index in [1.54, 1.807) is 36.7 Å². The van der Waals surface area contributed by atoms with Gasteiger partial charge in [-0.15, -0.1) is 0 Å². The Bertz CT molecular complexity index is 1130. The lowest BCUT2D eigenvalue weighted by molar-refractivity contribution is 0.0955. The molecule has 0 aliphatic carbocycles. The highest BCUT2D eigenvalue weighted by atomic mass is 19.1. The lowest BCUT2D eigenvalue weighted by atomic mass is 10.0. The standard InChI is InChI=1S/C23H18FN3O/c24-20-9-3-1-6-16(20)11-13-26-23(28)19-14-22(17-7-5-12-25-15-17)27-21-10-4-2-8-18(19)21/h1-10,12,14-15H,11,13H2,(H,26,28). The largest absolute Gasteiger partial charge is 0.352 e. The van der Waals surface area contributed by atoms with Crippen LogP contribution in [0.5, 0.6) is 0 Å². The first-order chi connectivity index (χ1) is 13.7. The first kappa shape index (κ1) is 17.8. The Labute approximate surface area is 162 Å². The van der Waals surface area contributed by atoms with Gasteiger partial charge in [0.05, 0.1) is 16.8 Å². The Balaban J connectivity index is 1.61. The van der Waals surface area contributed by atoms with Gasteiger partial charge in [0.25, 0.3) is 5.91 Å². The normalized spacial score (nSPS) is 10.8. The molecule has 0 saturated carbocycles. The number of benzene rings is 2. The molecule has 0 bridgehead atoms. The average Bonchev–Trinajstić information content (AvgIpc) is 2.75. The van der Waals surface area contributed by atoms with Crippen molar-refractivity contribution in [3.05, 3.63) is 96.1 Å². The first-order valence-electron chi connectivity index (χ1n) is 9.04. The second kappa shape index (κ2) is 7.96. The summed E-state index contributed by atoms with van der Waals surface area (Å²) in [4.78, 5) is 21.7. The minimum atomic E-state index is -0.259. The number of halogens is 1. The lowest BCUT2D eigenvalue weighted by Gasteiger charge is -2.11. The summed E-state index contributed by atoms with van der Waals surface area (Å²) in [7, 11) is 0. The van der Waals surface area contributed by atoms with E-state index in [1.165, 1.54) is 6.07 Å². The van der Waals surface area contributed by atoms with Crippen LogP contribution in [-0.2, 0) is 6.42 Å². The molecule has 138 valence electrons. The molecule has 2 aromatic carbocycles. The maximum Gasteiger partial charge on any atom is 0.252 e. The van der Waals surface area contributed by atoms with E-state index in [9.17, 15) is 9.18 Å². The number of nitrogens with one attached hydrogen (secondary N) is 1. The summed E-state index contributed by atoms with van der Waals surface area (Å²) >= 11 is 0. The van der Waals surface area contributed by atoms with Crippen LogP contribution in [-0.4, -0.2) is 22.4 Å². The van der Waals surface area contributed by atoms with Gasteiger partial charge in [0.2, 0.25) is 0 Å². The van der Waals surface area contributed by atoms with Crippen LogP contribution in [0, 0.1) is 5.82 Å². The maximum absolute atomic E-state index is 13.8. The molecule has 0 atom stereocenters. The zero-order valence-electron chi connectivity index (χ0n) is 15.1. The van der Waals surface area contributed by atoms with Crippen LogP contribution in [0.25, 0.3) is 22.2 Å². The van der Waals surface area contributed by atoms with E-state index in [-0.39, 0.29) is 11.7 Å². The Morgan fingerprint density at radius 3 is 2.64 bits per heavy atom. The van der Waals surface area contributed by atoms with Crippen molar-refractivity contribution in [2.24, 2.45) is 0 Å². The molecule has 0 spiro atoms. The van der Waals surface area contributed by atoms with Crippen molar-refractivity contribution in [1.29, 1.82) is 0 Å². The average molecular weight is 371 g/mol. The van der Waals surface area contributed by atoms with Crippen LogP contribution in [0.15, 0.2) is 79.1 Å². The van der Waals surface area contributed by atoms with Crippen LogP contribution >= 0.6 is 0 Å². The summed E-state index contributed by atoms with van der Waals surface area (Å²) < 4.78 is 13.8. The zero-order chi connectivity index (χ0) is 19.3. The third kappa shape index (κ3) is 3.74.